The number of benzene rings is 2. The van der Waals surface area contributed by atoms with Gasteiger partial charge < -0.3 is 14.2 Å². The SMILES string of the molecule is O=C1O/C(=C\c2ccc3c(c2)OCO3)c2ccccc21. The summed E-state index contributed by atoms with van der Waals surface area (Å²) in [7, 11) is 0. The fraction of sp³-hybridized carbons (Fsp3) is 0.0625. The largest absolute Gasteiger partial charge is 0.454 e. The van der Waals surface area contributed by atoms with Crippen molar-refractivity contribution in [3.63, 3.8) is 0 Å². The van der Waals surface area contributed by atoms with Crippen LogP contribution in [0.1, 0.15) is 21.5 Å². The molecule has 0 unspecified atom stereocenters. The number of rotatable bonds is 1. The van der Waals surface area contributed by atoms with Crippen LogP contribution in [0.4, 0.5) is 0 Å². The van der Waals surface area contributed by atoms with Gasteiger partial charge in [0.25, 0.3) is 0 Å². The summed E-state index contributed by atoms with van der Waals surface area (Å²) in [6.07, 6.45) is 1.83. The number of hydrogen-bond donors (Lipinski definition) is 0. The van der Waals surface area contributed by atoms with Crippen LogP contribution in [-0.2, 0) is 4.74 Å². The van der Waals surface area contributed by atoms with Crippen molar-refractivity contribution in [3.05, 3.63) is 59.2 Å². The quantitative estimate of drug-likeness (QED) is 0.744. The van der Waals surface area contributed by atoms with Crippen LogP contribution in [0.2, 0.25) is 0 Å². The molecule has 2 aliphatic heterocycles. The van der Waals surface area contributed by atoms with Crippen molar-refractivity contribution in [3.8, 4) is 11.5 Å². The Hall–Kier alpha value is -2.75. The highest BCUT2D eigenvalue weighted by Crippen LogP contribution is 2.35. The van der Waals surface area contributed by atoms with Crippen molar-refractivity contribution in [2.45, 2.75) is 0 Å². The van der Waals surface area contributed by atoms with Crippen LogP contribution in [0.3, 0.4) is 0 Å². The lowest BCUT2D eigenvalue weighted by Gasteiger charge is -2.01. The molecule has 2 heterocycles. The van der Waals surface area contributed by atoms with E-state index in [4.69, 9.17) is 14.2 Å². The monoisotopic (exact) mass is 266 g/mol. The van der Waals surface area contributed by atoms with E-state index in [1.807, 2.05) is 42.5 Å². The molecule has 4 nitrogen and oxygen atoms in total. The number of carbonyl (C=O) groups excluding carboxylic acids is 1. The Morgan fingerprint density at radius 1 is 0.950 bits per heavy atom. The summed E-state index contributed by atoms with van der Waals surface area (Å²) in [5.41, 5.74) is 2.31. The van der Waals surface area contributed by atoms with Gasteiger partial charge in [0, 0.05) is 5.56 Å². The van der Waals surface area contributed by atoms with Gasteiger partial charge in [0.1, 0.15) is 5.76 Å². The first-order valence-electron chi connectivity index (χ1n) is 6.24. The minimum atomic E-state index is -0.312. The van der Waals surface area contributed by atoms with Gasteiger partial charge in [0.15, 0.2) is 11.5 Å². The minimum absolute atomic E-state index is 0.243. The summed E-state index contributed by atoms with van der Waals surface area (Å²) >= 11 is 0. The lowest BCUT2D eigenvalue weighted by molar-refractivity contribution is 0.0717. The Morgan fingerprint density at radius 3 is 2.65 bits per heavy atom. The van der Waals surface area contributed by atoms with E-state index in [1.165, 1.54) is 0 Å². The molecule has 20 heavy (non-hydrogen) atoms. The Bertz CT molecular complexity index is 746. The highest BCUT2D eigenvalue weighted by Gasteiger charge is 2.25. The molecule has 0 atom stereocenters. The van der Waals surface area contributed by atoms with Gasteiger partial charge in [-0.3, -0.25) is 0 Å². The van der Waals surface area contributed by atoms with E-state index in [9.17, 15) is 4.79 Å². The first-order chi connectivity index (χ1) is 9.81. The molecule has 4 heteroatoms. The molecule has 2 aliphatic rings. The second kappa shape index (κ2) is 4.13. The van der Waals surface area contributed by atoms with E-state index in [1.54, 1.807) is 6.07 Å². The maximum Gasteiger partial charge on any atom is 0.344 e. The maximum atomic E-state index is 11.7. The van der Waals surface area contributed by atoms with Crippen LogP contribution >= 0.6 is 0 Å². The smallest absolute Gasteiger partial charge is 0.344 e. The second-order valence-electron chi connectivity index (χ2n) is 4.56. The van der Waals surface area contributed by atoms with Gasteiger partial charge in [-0.1, -0.05) is 24.3 Å². The summed E-state index contributed by atoms with van der Waals surface area (Å²) < 4.78 is 15.9. The summed E-state index contributed by atoms with van der Waals surface area (Å²) in [4.78, 5) is 11.7. The molecule has 2 aromatic carbocycles. The second-order valence-corrected chi connectivity index (χ2v) is 4.56. The number of fused-ring (bicyclic) bond motifs is 2. The molecule has 4 rings (SSSR count). The summed E-state index contributed by atoms with van der Waals surface area (Å²) in [5, 5.41) is 0. The third-order valence-corrected chi connectivity index (χ3v) is 3.31. The van der Waals surface area contributed by atoms with Crippen LogP contribution in [0.25, 0.3) is 11.8 Å². The molecular formula is C16H10O4. The number of hydrogen-bond acceptors (Lipinski definition) is 4. The predicted octanol–water partition coefficient (Wildman–Crippen LogP) is 3.08. The molecule has 0 bridgehead atoms. The number of cyclic esters (lactones) is 1. The average molecular weight is 266 g/mol. The van der Waals surface area contributed by atoms with Crippen molar-refractivity contribution in [2.75, 3.05) is 6.79 Å². The number of esters is 1. The average Bonchev–Trinajstić information content (AvgIpc) is 3.05. The van der Waals surface area contributed by atoms with Gasteiger partial charge in [-0.05, 0) is 29.8 Å². The fourth-order valence-corrected chi connectivity index (χ4v) is 2.35. The lowest BCUT2D eigenvalue weighted by atomic mass is 10.1. The van der Waals surface area contributed by atoms with E-state index >= 15 is 0 Å². The van der Waals surface area contributed by atoms with Crippen molar-refractivity contribution in [1.29, 1.82) is 0 Å². The zero-order valence-corrected chi connectivity index (χ0v) is 10.5. The van der Waals surface area contributed by atoms with Crippen molar-refractivity contribution >= 4 is 17.8 Å². The summed E-state index contributed by atoms with van der Waals surface area (Å²) in [5.74, 6) is 1.69. The van der Waals surface area contributed by atoms with Crippen LogP contribution in [0.5, 0.6) is 11.5 Å². The van der Waals surface area contributed by atoms with Crippen LogP contribution in [0.15, 0.2) is 42.5 Å². The van der Waals surface area contributed by atoms with Crippen molar-refractivity contribution in [1.82, 2.24) is 0 Å². The molecule has 2 aromatic rings. The van der Waals surface area contributed by atoms with Gasteiger partial charge >= 0.3 is 5.97 Å². The van der Waals surface area contributed by atoms with Gasteiger partial charge in [-0.15, -0.1) is 0 Å². The molecule has 0 aliphatic carbocycles. The van der Waals surface area contributed by atoms with E-state index in [2.05, 4.69) is 0 Å². The topological polar surface area (TPSA) is 44.8 Å². The highest BCUT2D eigenvalue weighted by molar-refractivity contribution is 6.05. The molecule has 0 amide bonds. The first-order valence-corrected chi connectivity index (χ1v) is 6.24. The molecule has 98 valence electrons. The third-order valence-electron chi connectivity index (χ3n) is 3.31. The van der Waals surface area contributed by atoms with E-state index < -0.39 is 0 Å². The fourth-order valence-electron chi connectivity index (χ4n) is 2.35. The zero-order chi connectivity index (χ0) is 13.5. The number of ether oxygens (including phenoxy) is 3. The molecule has 0 saturated carbocycles. The Kier molecular flexibility index (Phi) is 2.29. The van der Waals surface area contributed by atoms with E-state index in [0.29, 0.717) is 17.1 Å². The molecular weight excluding hydrogens is 256 g/mol. The normalized spacial score (nSPS) is 17.2. The minimum Gasteiger partial charge on any atom is -0.454 e. The highest BCUT2D eigenvalue weighted by atomic mass is 16.7. The van der Waals surface area contributed by atoms with Crippen molar-refractivity contribution < 1.29 is 19.0 Å². The Balaban J connectivity index is 1.77. The standard InChI is InChI=1S/C16H10O4/c17-16-12-4-2-1-3-11(12)14(20-16)7-10-5-6-13-15(8-10)19-9-18-13/h1-8H,9H2/b14-7-. The molecule has 0 spiro atoms. The molecule has 0 aromatic heterocycles. The van der Waals surface area contributed by atoms with Crippen LogP contribution in [0, 0.1) is 0 Å². The summed E-state index contributed by atoms with van der Waals surface area (Å²) in [6, 6.07) is 13.0. The van der Waals surface area contributed by atoms with E-state index in [-0.39, 0.29) is 12.8 Å². The lowest BCUT2D eigenvalue weighted by Crippen LogP contribution is -1.92. The molecule has 0 saturated heterocycles. The van der Waals surface area contributed by atoms with Gasteiger partial charge in [0.2, 0.25) is 6.79 Å². The van der Waals surface area contributed by atoms with Gasteiger partial charge in [-0.2, -0.15) is 0 Å². The van der Waals surface area contributed by atoms with Crippen molar-refractivity contribution in [2.24, 2.45) is 0 Å². The molecule has 0 radical (unpaired) electrons. The van der Waals surface area contributed by atoms with Gasteiger partial charge in [-0.25, -0.2) is 4.79 Å². The molecule has 0 fully saturated rings. The van der Waals surface area contributed by atoms with Gasteiger partial charge in [0.05, 0.1) is 5.56 Å². The third kappa shape index (κ3) is 1.66. The predicted molar refractivity (Wildman–Crippen MR) is 72.3 cm³/mol. The molecule has 0 N–H and O–H groups in total. The van der Waals surface area contributed by atoms with E-state index in [0.717, 1.165) is 16.9 Å². The summed E-state index contributed by atoms with van der Waals surface area (Å²) in [6.45, 7) is 0.243. The first kappa shape index (κ1) is 11.1. The van der Waals surface area contributed by atoms with Crippen LogP contribution < -0.4 is 9.47 Å². The zero-order valence-electron chi connectivity index (χ0n) is 10.5. The maximum absolute atomic E-state index is 11.7. The van der Waals surface area contributed by atoms with Crippen LogP contribution in [-0.4, -0.2) is 12.8 Å². The Labute approximate surface area is 115 Å². The Morgan fingerprint density at radius 2 is 1.75 bits per heavy atom. The number of carbonyl (C=O) groups is 1.